The van der Waals surface area contributed by atoms with Gasteiger partial charge in [-0.2, -0.15) is 23.5 Å². The van der Waals surface area contributed by atoms with E-state index in [2.05, 4.69) is 10.4 Å². The highest BCUT2D eigenvalue weighted by Crippen LogP contribution is 2.30. The number of rotatable bonds is 8. The Hall–Kier alpha value is -4.37. The molecule has 0 radical (unpaired) electrons. The predicted molar refractivity (Wildman–Crippen MR) is 131 cm³/mol. The average Bonchev–Trinajstić information content (AvgIpc) is 3.28. The smallest absolute Gasteiger partial charge is 0.391 e. The van der Waals surface area contributed by atoms with E-state index in [1.807, 2.05) is 13.0 Å². The average molecular weight is 528 g/mol. The van der Waals surface area contributed by atoms with Gasteiger partial charge in [-0.25, -0.2) is 0 Å². The first-order chi connectivity index (χ1) is 18.1. The van der Waals surface area contributed by atoms with E-state index in [0.29, 0.717) is 23.5 Å². The number of alkyl halides is 3. The molecule has 12 heteroatoms. The lowest BCUT2D eigenvalue weighted by molar-refractivity contribution is -0.146. The Morgan fingerprint density at radius 2 is 1.97 bits per heavy atom. The fourth-order valence-corrected chi connectivity index (χ4v) is 4.12. The maximum Gasteiger partial charge on any atom is 0.391 e. The lowest BCUT2D eigenvalue weighted by Gasteiger charge is -2.34. The van der Waals surface area contributed by atoms with Gasteiger partial charge < -0.3 is 19.7 Å². The summed E-state index contributed by atoms with van der Waals surface area (Å²) in [7, 11) is 1.42. The Bertz CT molecular complexity index is 1380. The summed E-state index contributed by atoms with van der Waals surface area (Å²) < 4.78 is 48.6. The van der Waals surface area contributed by atoms with E-state index in [9.17, 15) is 28.0 Å². The summed E-state index contributed by atoms with van der Waals surface area (Å²) in [6.07, 6.45) is -3.89. The van der Waals surface area contributed by atoms with Crippen molar-refractivity contribution in [2.45, 2.75) is 38.7 Å². The lowest BCUT2D eigenvalue weighted by Crippen LogP contribution is -2.47. The first-order valence-corrected chi connectivity index (χ1v) is 11.6. The summed E-state index contributed by atoms with van der Waals surface area (Å²) >= 11 is 0. The molecule has 0 fully saturated rings. The topological polar surface area (TPSA) is 109 Å². The van der Waals surface area contributed by atoms with Crippen LogP contribution in [0.2, 0.25) is 0 Å². The molecule has 2 aromatic carbocycles. The van der Waals surface area contributed by atoms with Gasteiger partial charge in [0.1, 0.15) is 17.5 Å². The van der Waals surface area contributed by atoms with Crippen LogP contribution in [0.3, 0.4) is 0 Å². The fraction of sp³-hybridized carbons (Fsp3) is 0.308. The molecular formula is C26H24F3N5O4. The van der Waals surface area contributed by atoms with Gasteiger partial charge in [0.15, 0.2) is 0 Å². The number of amides is 2. The molecule has 2 heterocycles. The van der Waals surface area contributed by atoms with Crippen molar-refractivity contribution in [3.63, 3.8) is 0 Å². The first-order valence-electron chi connectivity index (χ1n) is 11.6. The van der Waals surface area contributed by atoms with Crippen LogP contribution in [0.1, 0.15) is 45.3 Å². The van der Waals surface area contributed by atoms with Gasteiger partial charge in [0.25, 0.3) is 11.8 Å². The molecule has 2 amide bonds. The zero-order chi connectivity index (χ0) is 27.4. The van der Waals surface area contributed by atoms with E-state index in [1.165, 1.54) is 36.2 Å². The molecule has 0 bridgehead atoms. The van der Waals surface area contributed by atoms with Gasteiger partial charge in [0.2, 0.25) is 0 Å². The largest absolute Gasteiger partial charge is 0.495 e. The number of fused-ring (bicyclic) bond motifs is 1. The molecule has 1 aromatic heterocycles. The number of halogens is 3. The van der Waals surface area contributed by atoms with Crippen molar-refractivity contribution < 1.29 is 32.2 Å². The van der Waals surface area contributed by atoms with Crippen molar-refractivity contribution in [3.8, 4) is 11.8 Å². The number of ether oxygens (including phenoxy) is 2. The molecule has 1 atom stereocenters. The van der Waals surface area contributed by atoms with Crippen LogP contribution in [-0.4, -0.2) is 47.5 Å². The van der Waals surface area contributed by atoms with Crippen LogP contribution in [0.15, 0.2) is 48.7 Å². The standard InChI is InChI=1S/C26H24F3N5O4/c1-16-14-33-23(21(13-31-33)32-24(35)18-5-8-22(37-2)19(11-18)12-30)25(36)34(16)20-6-3-17(4-7-20)15-38-10-9-26(27,28)29/h3-8,11,13,16H,9-10,14-15H2,1-2H3,(H,32,35)/t16-/m0/s1. The zero-order valence-corrected chi connectivity index (χ0v) is 20.6. The molecule has 0 spiro atoms. The third-order valence-corrected chi connectivity index (χ3v) is 5.98. The molecule has 4 rings (SSSR count). The van der Waals surface area contributed by atoms with Crippen LogP contribution in [-0.2, 0) is 17.9 Å². The van der Waals surface area contributed by atoms with Crippen LogP contribution in [0.25, 0.3) is 0 Å². The molecule has 1 N–H and O–H groups in total. The number of carbonyl (C=O) groups is 2. The number of nitriles is 1. The number of hydrogen-bond donors (Lipinski definition) is 1. The Labute approximate surface area is 216 Å². The van der Waals surface area contributed by atoms with Crippen LogP contribution in [0.4, 0.5) is 24.5 Å². The number of benzene rings is 2. The van der Waals surface area contributed by atoms with Gasteiger partial charge in [-0.15, -0.1) is 0 Å². The van der Waals surface area contributed by atoms with Crippen molar-refractivity contribution in [1.82, 2.24) is 9.78 Å². The van der Waals surface area contributed by atoms with Crippen LogP contribution < -0.4 is 15.0 Å². The van der Waals surface area contributed by atoms with Gasteiger partial charge >= 0.3 is 6.18 Å². The minimum absolute atomic E-state index is 0.0156. The summed E-state index contributed by atoms with van der Waals surface area (Å²) in [5.41, 5.74) is 2.08. The number of carbonyl (C=O) groups excluding carboxylic acids is 2. The van der Waals surface area contributed by atoms with E-state index >= 15 is 0 Å². The Morgan fingerprint density at radius 1 is 1.24 bits per heavy atom. The summed E-state index contributed by atoms with van der Waals surface area (Å²) in [6, 6.07) is 12.9. The van der Waals surface area contributed by atoms with E-state index in [1.54, 1.807) is 29.2 Å². The van der Waals surface area contributed by atoms with Crippen LogP contribution >= 0.6 is 0 Å². The van der Waals surface area contributed by atoms with Gasteiger partial charge in [-0.05, 0) is 42.8 Å². The van der Waals surface area contributed by atoms with E-state index in [0.717, 1.165) is 0 Å². The van der Waals surface area contributed by atoms with Crippen molar-refractivity contribution in [2.24, 2.45) is 0 Å². The molecular weight excluding hydrogens is 503 g/mol. The monoisotopic (exact) mass is 527 g/mol. The quantitative estimate of drug-likeness (QED) is 0.431. The van der Waals surface area contributed by atoms with Crippen molar-refractivity contribution in [1.29, 1.82) is 5.26 Å². The lowest BCUT2D eigenvalue weighted by atomic mass is 10.1. The van der Waals surface area contributed by atoms with Crippen molar-refractivity contribution in [2.75, 3.05) is 23.9 Å². The summed E-state index contributed by atoms with van der Waals surface area (Å²) in [6.45, 7) is 1.82. The van der Waals surface area contributed by atoms with Crippen LogP contribution in [0.5, 0.6) is 5.75 Å². The Kier molecular flexibility index (Phi) is 7.68. The maximum absolute atomic E-state index is 13.5. The minimum Gasteiger partial charge on any atom is -0.495 e. The first kappa shape index (κ1) is 26.7. The summed E-state index contributed by atoms with van der Waals surface area (Å²) in [5, 5.41) is 16.3. The van der Waals surface area contributed by atoms with E-state index < -0.39 is 25.1 Å². The molecule has 3 aromatic rings. The number of nitrogens with one attached hydrogen (secondary N) is 1. The second-order valence-corrected chi connectivity index (χ2v) is 8.68. The number of anilines is 2. The highest BCUT2D eigenvalue weighted by atomic mass is 19.4. The number of hydrogen-bond acceptors (Lipinski definition) is 6. The minimum atomic E-state index is -4.27. The molecule has 38 heavy (non-hydrogen) atoms. The molecule has 0 saturated carbocycles. The summed E-state index contributed by atoms with van der Waals surface area (Å²) in [5.74, 6) is -0.559. The molecule has 0 aliphatic carbocycles. The van der Waals surface area contributed by atoms with Gasteiger partial charge in [0.05, 0.1) is 56.8 Å². The van der Waals surface area contributed by atoms with Gasteiger partial charge in [-0.3, -0.25) is 14.3 Å². The number of nitrogens with zero attached hydrogens (tertiary/aromatic N) is 4. The third kappa shape index (κ3) is 5.78. The normalized spacial score (nSPS) is 15.1. The van der Waals surface area contributed by atoms with Crippen molar-refractivity contribution >= 4 is 23.2 Å². The van der Waals surface area contributed by atoms with E-state index in [4.69, 9.17) is 9.47 Å². The number of methoxy groups -OCH3 is 1. The third-order valence-electron chi connectivity index (χ3n) is 5.98. The second kappa shape index (κ2) is 10.9. The predicted octanol–water partition coefficient (Wildman–Crippen LogP) is 4.53. The Balaban J connectivity index is 1.49. The molecule has 1 aliphatic heterocycles. The SMILES string of the molecule is COc1ccc(C(=O)Nc2cnn3c2C(=O)N(c2ccc(COCCC(F)(F)F)cc2)[C@@H](C)C3)cc1C#N. The Morgan fingerprint density at radius 3 is 2.63 bits per heavy atom. The molecule has 198 valence electrons. The maximum atomic E-state index is 13.5. The molecule has 1 aliphatic rings. The van der Waals surface area contributed by atoms with Gasteiger partial charge in [0, 0.05) is 11.3 Å². The van der Waals surface area contributed by atoms with Crippen LogP contribution in [0, 0.1) is 11.3 Å². The highest BCUT2D eigenvalue weighted by Gasteiger charge is 2.34. The molecule has 9 nitrogen and oxygen atoms in total. The fourth-order valence-electron chi connectivity index (χ4n) is 4.12. The van der Waals surface area contributed by atoms with Crippen molar-refractivity contribution in [3.05, 3.63) is 71.0 Å². The summed E-state index contributed by atoms with van der Waals surface area (Å²) in [4.78, 5) is 28.0. The van der Waals surface area contributed by atoms with Gasteiger partial charge in [-0.1, -0.05) is 12.1 Å². The molecule has 0 unspecified atom stereocenters. The zero-order valence-electron chi connectivity index (χ0n) is 20.6. The number of aromatic nitrogens is 2. The second-order valence-electron chi connectivity index (χ2n) is 8.68. The highest BCUT2D eigenvalue weighted by molar-refractivity contribution is 6.13. The molecule has 0 saturated heterocycles. The van der Waals surface area contributed by atoms with E-state index in [-0.39, 0.29) is 41.1 Å².